The third-order valence-electron chi connectivity index (χ3n) is 1.95. The van der Waals surface area contributed by atoms with E-state index < -0.39 is 16.9 Å². The molecule has 3 N–H and O–H groups in total. The first-order valence-electron chi connectivity index (χ1n) is 4.29. The molecule has 0 saturated carbocycles. The monoisotopic (exact) mass is 213 g/mol. The zero-order valence-electron chi connectivity index (χ0n) is 8.08. The summed E-state index contributed by atoms with van der Waals surface area (Å²) in [6.45, 7) is 1.76. The summed E-state index contributed by atoms with van der Waals surface area (Å²) < 4.78 is 1.22. The molecule has 8 heteroatoms. The summed E-state index contributed by atoms with van der Waals surface area (Å²) >= 11 is 0. The van der Waals surface area contributed by atoms with Crippen LogP contribution < -0.4 is 11.3 Å². The van der Waals surface area contributed by atoms with Gasteiger partial charge in [-0.1, -0.05) is 6.92 Å². The van der Waals surface area contributed by atoms with Crippen molar-refractivity contribution < 1.29 is 9.72 Å². The third-order valence-corrected chi connectivity index (χ3v) is 1.95. The van der Waals surface area contributed by atoms with Gasteiger partial charge in [-0.25, -0.2) is 5.84 Å². The van der Waals surface area contributed by atoms with Crippen molar-refractivity contribution in [2.24, 2.45) is 5.84 Å². The van der Waals surface area contributed by atoms with E-state index in [1.165, 1.54) is 10.9 Å². The molecule has 1 rings (SSSR count). The molecule has 0 radical (unpaired) electrons. The Kier molecular flexibility index (Phi) is 3.34. The Morgan fingerprint density at radius 2 is 2.53 bits per heavy atom. The maximum Gasteiger partial charge on any atom is 0.307 e. The van der Waals surface area contributed by atoms with Crippen LogP contribution in [0.1, 0.15) is 19.4 Å². The van der Waals surface area contributed by atoms with Crippen molar-refractivity contribution in [3.8, 4) is 0 Å². The molecular weight excluding hydrogens is 202 g/mol. The van der Waals surface area contributed by atoms with Gasteiger partial charge in [0, 0.05) is 0 Å². The van der Waals surface area contributed by atoms with E-state index in [1.54, 1.807) is 6.92 Å². The van der Waals surface area contributed by atoms with Crippen LogP contribution >= 0.6 is 0 Å². The Morgan fingerprint density at radius 1 is 1.87 bits per heavy atom. The lowest BCUT2D eigenvalue weighted by molar-refractivity contribution is -0.385. The molecule has 15 heavy (non-hydrogen) atoms. The molecule has 0 unspecified atom stereocenters. The standard InChI is InChI=1S/C7H11N5O3/c1-2-6(7(13)10-8)11-4-5(3-9-11)12(14)15/h3-4,6H,2,8H2,1H3,(H,10,13)/t6-/m1/s1. The van der Waals surface area contributed by atoms with Crippen molar-refractivity contribution in [2.75, 3.05) is 0 Å². The lowest BCUT2D eigenvalue weighted by Gasteiger charge is -2.12. The number of hydrogen-bond acceptors (Lipinski definition) is 5. The Morgan fingerprint density at radius 3 is 2.93 bits per heavy atom. The van der Waals surface area contributed by atoms with Crippen molar-refractivity contribution >= 4 is 11.6 Å². The Labute approximate surface area is 85.2 Å². The van der Waals surface area contributed by atoms with Crippen molar-refractivity contribution in [1.29, 1.82) is 0 Å². The summed E-state index contributed by atoms with van der Waals surface area (Å²) in [5.74, 6) is 4.54. The molecule has 0 spiro atoms. The van der Waals surface area contributed by atoms with Gasteiger partial charge in [-0.05, 0) is 6.42 Å². The minimum absolute atomic E-state index is 0.154. The highest BCUT2D eigenvalue weighted by molar-refractivity contribution is 5.79. The van der Waals surface area contributed by atoms with Gasteiger partial charge in [0.2, 0.25) is 0 Å². The molecule has 0 aliphatic heterocycles. The van der Waals surface area contributed by atoms with Gasteiger partial charge < -0.3 is 0 Å². The number of nitrogens with zero attached hydrogens (tertiary/aromatic N) is 3. The van der Waals surface area contributed by atoms with E-state index in [2.05, 4.69) is 5.10 Å². The summed E-state index contributed by atoms with van der Waals surface area (Å²) in [6, 6.07) is -0.622. The van der Waals surface area contributed by atoms with Crippen molar-refractivity contribution in [2.45, 2.75) is 19.4 Å². The molecule has 82 valence electrons. The van der Waals surface area contributed by atoms with Gasteiger partial charge in [-0.15, -0.1) is 0 Å². The van der Waals surface area contributed by atoms with Gasteiger partial charge >= 0.3 is 5.69 Å². The highest BCUT2D eigenvalue weighted by Crippen LogP contribution is 2.15. The van der Waals surface area contributed by atoms with Crippen LogP contribution in [0.15, 0.2) is 12.4 Å². The number of carbonyl (C=O) groups is 1. The van der Waals surface area contributed by atoms with E-state index in [0.717, 1.165) is 6.20 Å². The predicted octanol–water partition coefficient (Wildman–Crippen LogP) is -0.268. The molecule has 0 aliphatic rings. The summed E-state index contributed by atoms with van der Waals surface area (Å²) in [5.41, 5.74) is 1.83. The van der Waals surface area contributed by atoms with Crippen LogP contribution in [0.5, 0.6) is 0 Å². The minimum atomic E-state index is -0.622. The van der Waals surface area contributed by atoms with Gasteiger partial charge in [-0.2, -0.15) is 5.10 Å². The number of rotatable bonds is 4. The fourth-order valence-electron chi connectivity index (χ4n) is 1.18. The van der Waals surface area contributed by atoms with Crippen LogP contribution in [-0.2, 0) is 4.79 Å². The van der Waals surface area contributed by atoms with Gasteiger partial charge in [-0.3, -0.25) is 25.0 Å². The number of hydrogen-bond donors (Lipinski definition) is 2. The zero-order chi connectivity index (χ0) is 11.4. The smallest absolute Gasteiger partial charge is 0.292 e. The summed E-state index contributed by atoms with van der Waals surface area (Å²) in [7, 11) is 0. The Balaban J connectivity index is 2.92. The number of nitro groups is 1. The number of hydrazine groups is 1. The van der Waals surface area contributed by atoms with E-state index >= 15 is 0 Å². The summed E-state index contributed by atoms with van der Waals surface area (Å²) in [6.07, 6.45) is 2.73. The Hall–Kier alpha value is -1.96. The van der Waals surface area contributed by atoms with Crippen LogP contribution in [0, 0.1) is 10.1 Å². The Bertz CT molecular complexity index is 374. The average molecular weight is 213 g/mol. The number of carbonyl (C=O) groups excluding carboxylic acids is 1. The normalized spacial score (nSPS) is 12.1. The molecule has 0 fully saturated rings. The van der Waals surface area contributed by atoms with Crippen LogP contribution in [0.3, 0.4) is 0 Å². The molecule has 1 amide bonds. The number of amides is 1. The highest BCUT2D eigenvalue weighted by atomic mass is 16.6. The molecule has 1 atom stereocenters. The molecule has 8 nitrogen and oxygen atoms in total. The second kappa shape index (κ2) is 4.51. The first-order chi connectivity index (χ1) is 7.10. The van der Waals surface area contributed by atoms with Crippen LogP contribution in [0.25, 0.3) is 0 Å². The van der Waals surface area contributed by atoms with Gasteiger partial charge in [0.25, 0.3) is 5.91 Å². The molecule has 0 aliphatic carbocycles. The molecule has 1 aromatic heterocycles. The second-order valence-electron chi connectivity index (χ2n) is 2.87. The van der Waals surface area contributed by atoms with Crippen LogP contribution in [0.4, 0.5) is 5.69 Å². The largest absolute Gasteiger partial charge is 0.307 e. The van der Waals surface area contributed by atoms with Gasteiger partial charge in [0.05, 0.1) is 4.92 Å². The quantitative estimate of drug-likeness (QED) is 0.309. The second-order valence-corrected chi connectivity index (χ2v) is 2.87. The molecule has 1 heterocycles. The summed E-state index contributed by atoms with van der Waals surface area (Å²) in [5, 5.41) is 14.1. The maximum atomic E-state index is 11.3. The minimum Gasteiger partial charge on any atom is -0.292 e. The molecule has 0 aromatic carbocycles. The first-order valence-corrected chi connectivity index (χ1v) is 4.29. The van der Waals surface area contributed by atoms with E-state index in [9.17, 15) is 14.9 Å². The van der Waals surface area contributed by atoms with Crippen molar-refractivity contribution in [1.82, 2.24) is 15.2 Å². The van der Waals surface area contributed by atoms with Crippen molar-refractivity contribution in [3.05, 3.63) is 22.5 Å². The molecule has 1 aromatic rings. The van der Waals surface area contributed by atoms with E-state index in [4.69, 9.17) is 5.84 Å². The zero-order valence-corrected chi connectivity index (χ0v) is 8.08. The molecule has 0 saturated heterocycles. The predicted molar refractivity (Wildman–Crippen MR) is 50.5 cm³/mol. The van der Waals surface area contributed by atoms with E-state index in [0.29, 0.717) is 6.42 Å². The van der Waals surface area contributed by atoms with Crippen LogP contribution in [0.2, 0.25) is 0 Å². The molecular formula is C7H11N5O3. The lowest BCUT2D eigenvalue weighted by atomic mass is 10.2. The highest BCUT2D eigenvalue weighted by Gasteiger charge is 2.20. The average Bonchev–Trinajstić information content (AvgIpc) is 2.68. The van der Waals surface area contributed by atoms with Crippen molar-refractivity contribution in [3.63, 3.8) is 0 Å². The van der Waals surface area contributed by atoms with Gasteiger partial charge in [0.1, 0.15) is 18.4 Å². The topological polar surface area (TPSA) is 116 Å². The lowest BCUT2D eigenvalue weighted by Crippen LogP contribution is -2.37. The van der Waals surface area contributed by atoms with Gasteiger partial charge in [0.15, 0.2) is 0 Å². The maximum absolute atomic E-state index is 11.3. The number of nitrogens with two attached hydrogens (primary N) is 1. The fourth-order valence-corrected chi connectivity index (χ4v) is 1.18. The number of nitrogens with one attached hydrogen (secondary N) is 1. The third kappa shape index (κ3) is 2.29. The fraction of sp³-hybridized carbons (Fsp3) is 0.429. The van der Waals surface area contributed by atoms with E-state index in [1.807, 2.05) is 5.43 Å². The first kappa shape index (κ1) is 11.1. The van der Waals surface area contributed by atoms with E-state index in [-0.39, 0.29) is 5.69 Å². The molecule has 0 bridgehead atoms. The SMILES string of the molecule is CC[C@H](C(=O)NN)n1cc([N+](=O)[O-])cn1. The number of aromatic nitrogens is 2. The summed E-state index contributed by atoms with van der Waals surface area (Å²) in [4.78, 5) is 21.1. The van der Waals surface area contributed by atoms with Crippen LogP contribution in [-0.4, -0.2) is 20.6 Å².